The van der Waals surface area contributed by atoms with Gasteiger partial charge in [-0.15, -0.1) is 0 Å². The fourth-order valence-corrected chi connectivity index (χ4v) is 4.94. The standard InChI is InChI=1S/C23H26N2O.C11H11FN2O/c1-5-19-14-20-15-22(12-13-23(20)17(19)4)26-16-18-8-10-21(11-9-18)25(7-3)24-6-2;1-7-13-10(11(15)14-7)8-3-2-4-9(12)6-5-8/h6-13,15,19H,3-5,14,16H2,1-2H3;2-3,5-6,10,13H,1,4H2,(H,14,15)/b24-6-;. The molecule has 2 aliphatic carbocycles. The van der Waals surface area contributed by atoms with E-state index in [4.69, 9.17) is 4.74 Å². The quantitative estimate of drug-likeness (QED) is 0.271. The van der Waals surface area contributed by atoms with E-state index in [1.54, 1.807) is 35.7 Å². The number of fused-ring (bicyclic) bond motifs is 1. The zero-order valence-corrected chi connectivity index (χ0v) is 23.7. The predicted octanol–water partition coefficient (Wildman–Crippen LogP) is 7.10. The maximum absolute atomic E-state index is 12.9. The molecule has 0 radical (unpaired) electrons. The summed E-state index contributed by atoms with van der Waals surface area (Å²) < 4.78 is 18.9. The minimum atomic E-state index is -0.462. The zero-order valence-electron chi connectivity index (χ0n) is 23.7. The van der Waals surface area contributed by atoms with Crippen LogP contribution in [0, 0.1) is 5.92 Å². The summed E-state index contributed by atoms with van der Waals surface area (Å²) in [6.45, 7) is 16.3. The molecule has 212 valence electrons. The maximum Gasteiger partial charge on any atom is 0.252 e. The highest BCUT2D eigenvalue weighted by Gasteiger charge is 2.28. The molecule has 7 heteroatoms. The Morgan fingerprint density at radius 2 is 1.95 bits per heavy atom. The zero-order chi connectivity index (χ0) is 29.4. The Morgan fingerprint density at radius 3 is 2.61 bits per heavy atom. The van der Waals surface area contributed by atoms with E-state index < -0.39 is 6.04 Å². The minimum Gasteiger partial charge on any atom is -0.489 e. The van der Waals surface area contributed by atoms with Crippen LogP contribution < -0.4 is 20.4 Å². The Balaban J connectivity index is 0.000000218. The van der Waals surface area contributed by atoms with E-state index in [0.717, 1.165) is 35.4 Å². The average Bonchev–Trinajstić information content (AvgIpc) is 3.39. The van der Waals surface area contributed by atoms with Crippen LogP contribution in [0.5, 0.6) is 5.75 Å². The van der Waals surface area contributed by atoms with E-state index in [1.165, 1.54) is 22.8 Å². The topological polar surface area (TPSA) is 66.0 Å². The lowest BCUT2D eigenvalue weighted by Crippen LogP contribution is -2.29. The van der Waals surface area contributed by atoms with Crippen LogP contribution in [-0.4, -0.2) is 18.2 Å². The molecule has 0 saturated carbocycles. The highest BCUT2D eigenvalue weighted by Crippen LogP contribution is 2.39. The molecule has 3 aliphatic rings. The van der Waals surface area contributed by atoms with E-state index in [0.29, 0.717) is 18.3 Å². The predicted molar refractivity (Wildman–Crippen MR) is 166 cm³/mol. The average molecular weight is 553 g/mol. The molecule has 1 amide bonds. The first kappa shape index (κ1) is 29.3. The van der Waals surface area contributed by atoms with Gasteiger partial charge in [0.15, 0.2) is 0 Å². The van der Waals surface area contributed by atoms with Gasteiger partial charge in [0.1, 0.15) is 24.2 Å². The molecule has 1 saturated heterocycles. The molecule has 1 fully saturated rings. The van der Waals surface area contributed by atoms with Gasteiger partial charge in [0, 0.05) is 18.8 Å². The van der Waals surface area contributed by atoms with Gasteiger partial charge in [-0.2, -0.15) is 5.10 Å². The molecule has 2 aromatic rings. The largest absolute Gasteiger partial charge is 0.489 e. The van der Waals surface area contributed by atoms with E-state index in [-0.39, 0.29) is 18.2 Å². The fourth-order valence-electron chi connectivity index (χ4n) is 4.94. The van der Waals surface area contributed by atoms with Crippen molar-refractivity contribution in [1.82, 2.24) is 10.6 Å². The number of carbonyl (C=O) groups excluding carboxylic acids is 1. The van der Waals surface area contributed by atoms with Gasteiger partial charge in [0.2, 0.25) is 0 Å². The van der Waals surface area contributed by atoms with Crippen LogP contribution in [-0.2, 0) is 17.8 Å². The molecular formula is C34H37FN4O2. The van der Waals surface area contributed by atoms with Crippen molar-refractivity contribution in [1.29, 1.82) is 0 Å². The molecule has 0 spiro atoms. The smallest absolute Gasteiger partial charge is 0.252 e. The molecule has 0 aromatic heterocycles. The monoisotopic (exact) mass is 552 g/mol. The number of allylic oxidation sites excluding steroid dienone is 5. The highest BCUT2D eigenvalue weighted by molar-refractivity contribution is 5.90. The highest BCUT2D eigenvalue weighted by atomic mass is 19.1. The summed E-state index contributed by atoms with van der Waals surface area (Å²) in [7, 11) is 0. The Kier molecular flexibility index (Phi) is 9.74. The third-order valence-corrected chi connectivity index (χ3v) is 7.16. The summed E-state index contributed by atoms with van der Waals surface area (Å²) in [6.07, 6.45) is 12.3. The number of nitrogens with zero attached hydrogens (tertiary/aromatic N) is 2. The first-order valence-corrected chi connectivity index (χ1v) is 13.8. The van der Waals surface area contributed by atoms with Crippen LogP contribution in [0.4, 0.5) is 10.1 Å². The lowest BCUT2D eigenvalue weighted by Gasteiger charge is -2.14. The SMILES string of the molecule is C=C1NC(=O)C(C2=CC=C(F)CC=C2)N1.C=CN(/N=C\C)c1ccc(COc2ccc3c(c2)CC(CC)C3=C)cc1. The van der Waals surface area contributed by atoms with Gasteiger partial charge in [-0.25, -0.2) is 9.40 Å². The van der Waals surface area contributed by atoms with Gasteiger partial charge in [0.25, 0.3) is 5.91 Å². The number of ether oxygens (including phenoxy) is 1. The summed E-state index contributed by atoms with van der Waals surface area (Å²) in [6, 6.07) is 14.1. The second-order valence-electron chi connectivity index (χ2n) is 9.94. The molecule has 2 atom stereocenters. The van der Waals surface area contributed by atoms with Crippen molar-refractivity contribution in [2.24, 2.45) is 11.0 Å². The molecule has 2 unspecified atom stereocenters. The number of anilines is 1. The fraction of sp³-hybridized carbons (Fsp3) is 0.235. The molecule has 1 heterocycles. The lowest BCUT2D eigenvalue weighted by molar-refractivity contribution is -0.119. The van der Waals surface area contributed by atoms with Crippen molar-refractivity contribution >= 4 is 23.4 Å². The van der Waals surface area contributed by atoms with Gasteiger partial charge in [-0.3, -0.25) is 4.79 Å². The summed E-state index contributed by atoms with van der Waals surface area (Å²) in [5.74, 6) is 1.60. The second kappa shape index (κ2) is 13.6. The van der Waals surface area contributed by atoms with Crippen molar-refractivity contribution in [3.8, 4) is 5.75 Å². The summed E-state index contributed by atoms with van der Waals surface area (Å²) in [4.78, 5) is 11.5. The van der Waals surface area contributed by atoms with Gasteiger partial charge >= 0.3 is 0 Å². The van der Waals surface area contributed by atoms with Crippen molar-refractivity contribution in [3.63, 3.8) is 0 Å². The number of hydrazone groups is 1. The maximum atomic E-state index is 12.9. The molecule has 5 rings (SSSR count). The number of hydrogen-bond donors (Lipinski definition) is 2. The molecule has 6 nitrogen and oxygen atoms in total. The molecule has 0 bridgehead atoms. The van der Waals surface area contributed by atoms with Gasteiger partial charge < -0.3 is 15.4 Å². The summed E-state index contributed by atoms with van der Waals surface area (Å²) >= 11 is 0. The molecule has 41 heavy (non-hydrogen) atoms. The van der Waals surface area contributed by atoms with Crippen LogP contribution >= 0.6 is 0 Å². The number of carbonyl (C=O) groups is 1. The first-order valence-electron chi connectivity index (χ1n) is 13.8. The van der Waals surface area contributed by atoms with Gasteiger partial charge in [-0.1, -0.05) is 63.1 Å². The Hall–Kier alpha value is -4.65. The number of amides is 1. The first-order chi connectivity index (χ1) is 19.8. The van der Waals surface area contributed by atoms with Crippen molar-refractivity contribution < 1.29 is 13.9 Å². The number of nitrogens with one attached hydrogen (secondary N) is 2. The second-order valence-corrected chi connectivity index (χ2v) is 9.94. The number of rotatable bonds is 8. The van der Waals surface area contributed by atoms with Crippen molar-refractivity contribution in [3.05, 3.63) is 127 Å². The van der Waals surface area contributed by atoms with Crippen LogP contribution in [0.1, 0.15) is 43.4 Å². The lowest BCUT2D eigenvalue weighted by atomic mass is 9.99. The van der Waals surface area contributed by atoms with Crippen molar-refractivity contribution in [2.75, 3.05) is 5.01 Å². The Labute approximate surface area is 242 Å². The minimum absolute atomic E-state index is 0.161. The van der Waals surface area contributed by atoms with Crippen LogP contribution in [0.25, 0.3) is 5.57 Å². The Bertz CT molecular complexity index is 1440. The van der Waals surface area contributed by atoms with E-state index in [1.807, 2.05) is 25.1 Å². The third kappa shape index (κ3) is 7.31. The molecule has 1 aliphatic heterocycles. The Morgan fingerprint density at radius 1 is 1.17 bits per heavy atom. The normalized spacial score (nSPS) is 19.3. The van der Waals surface area contributed by atoms with E-state index in [2.05, 4.69) is 66.7 Å². The van der Waals surface area contributed by atoms with Gasteiger partial charge in [0.05, 0.1) is 11.5 Å². The number of halogens is 1. The molecule has 2 N–H and O–H groups in total. The van der Waals surface area contributed by atoms with Crippen molar-refractivity contribution in [2.45, 2.75) is 45.8 Å². The van der Waals surface area contributed by atoms with Crippen LogP contribution in [0.15, 0.2) is 115 Å². The van der Waals surface area contributed by atoms with Gasteiger partial charge in [-0.05, 0) is 83.9 Å². The van der Waals surface area contributed by atoms with E-state index in [9.17, 15) is 9.18 Å². The number of hydrogen-bond acceptors (Lipinski definition) is 5. The number of benzene rings is 2. The van der Waals surface area contributed by atoms with Crippen LogP contribution in [0.2, 0.25) is 0 Å². The summed E-state index contributed by atoms with van der Waals surface area (Å²) in [5.41, 5.74) is 6.76. The molecule has 2 aromatic carbocycles. The summed E-state index contributed by atoms with van der Waals surface area (Å²) in [5, 5.41) is 11.4. The van der Waals surface area contributed by atoms with Crippen LogP contribution in [0.3, 0.4) is 0 Å². The molecular weight excluding hydrogens is 515 g/mol. The van der Waals surface area contributed by atoms with E-state index >= 15 is 0 Å². The third-order valence-electron chi connectivity index (χ3n) is 7.16.